The number of rotatable bonds is 3. The molecule has 0 aromatic heterocycles. The third-order valence-electron chi connectivity index (χ3n) is 5.27. The van der Waals surface area contributed by atoms with Crippen LogP contribution in [0.4, 0.5) is 0 Å². The van der Waals surface area contributed by atoms with Crippen molar-refractivity contribution in [1.82, 2.24) is 0 Å². The van der Waals surface area contributed by atoms with Crippen molar-refractivity contribution in [2.24, 2.45) is 23.3 Å². The van der Waals surface area contributed by atoms with Gasteiger partial charge < -0.3 is 11.5 Å². The van der Waals surface area contributed by atoms with Crippen molar-refractivity contribution >= 4 is 6.08 Å². The van der Waals surface area contributed by atoms with Gasteiger partial charge in [-0.05, 0) is 56.4 Å². The first kappa shape index (κ1) is 13.8. The molecule has 0 amide bonds. The summed E-state index contributed by atoms with van der Waals surface area (Å²) in [6.45, 7) is 2.26. The topological polar surface area (TPSA) is 52.0 Å². The molecular formula is C18H26N2. The normalized spacial score (nSPS) is 37.8. The standard InChI is InChI=1S/C18H26N2/c1-13(11-14-5-3-2-4-6-14)16-12-17(16)18(20)9-7-15(19)8-10-18/h2-6,11,15-17H,7-10,12,19-20H2,1H3. The van der Waals surface area contributed by atoms with E-state index < -0.39 is 0 Å². The molecule has 3 rings (SSSR count). The molecule has 2 aliphatic carbocycles. The van der Waals surface area contributed by atoms with Gasteiger partial charge in [0, 0.05) is 11.6 Å². The van der Waals surface area contributed by atoms with Crippen molar-refractivity contribution in [3.8, 4) is 0 Å². The summed E-state index contributed by atoms with van der Waals surface area (Å²) in [7, 11) is 0. The van der Waals surface area contributed by atoms with E-state index in [1.54, 1.807) is 0 Å². The zero-order valence-electron chi connectivity index (χ0n) is 12.4. The van der Waals surface area contributed by atoms with Gasteiger partial charge in [-0.15, -0.1) is 0 Å². The van der Waals surface area contributed by atoms with Gasteiger partial charge in [0.15, 0.2) is 0 Å². The van der Waals surface area contributed by atoms with Crippen LogP contribution in [0.15, 0.2) is 35.9 Å². The fourth-order valence-electron chi connectivity index (χ4n) is 3.80. The lowest BCUT2D eigenvalue weighted by Gasteiger charge is -2.37. The second-order valence-electron chi connectivity index (χ2n) is 6.82. The first-order valence-electron chi connectivity index (χ1n) is 7.86. The quantitative estimate of drug-likeness (QED) is 0.885. The van der Waals surface area contributed by atoms with Crippen LogP contribution in [-0.2, 0) is 0 Å². The highest BCUT2D eigenvalue weighted by Gasteiger charge is 2.51. The van der Waals surface area contributed by atoms with Crippen molar-refractivity contribution in [2.75, 3.05) is 0 Å². The van der Waals surface area contributed by atoms with Crippen molar-refractivity contribution < 1.29 is 0 Å². The molecule has 0 radical (unpaired) electrons. The zero-order chi connectivity index (χ0) is 14.2. The molecule has 0 saturated heterocycles. The van der Waals surface area contributed by atoms with E-state index in [9.17, 15) is 0 Å². The predicted molar refractivity (Wildman–Crippen MR) is 85.1 cm³/mol. The van der Waals surface area contributed by atoms with Gasteiger partial charge in [0.2, 0.25) is 0 Å². The fourth-order valence-corrected chi connectivity index (χ4v) is 3.80. The molecule has 2 aliphatic rings. The summed E-state index contributed by atoms with van der Waals surface area (Å²) >= 11 is 0. The van der Waals surface area contributed by atoms with Crippen molar-refractivity contribution in [2.45, 2.75) is 50.6 Å². The SMILES string of the molecule is CC(=Cc1ccccc1)C1CC1C1(N)CCC(N)CC1. The van der Waals surface area contributed by atoms with Crippen LogP contribution in [0.25, 0.3) is 6.08 Å². The predicted octanol–water partition coefficient (Wildman–Crippen LogP) is 3.32. The van der Waals surface area contributed by atoms with E-state index in [-0.39, 0.29) is 5.54 Å². The van der Waals surface area contributed by atoms with E-state index in [2.05, 4.69) is 43.3 Å². The Bertz CT molecular complexity index is 483. The molecule has 0 spiro atoms. The largest absolute Gasteiger partial charge is 0.328 e. The number of allylic oxidation sites excluding steroid dienone is 1. The Kier molecular flexibility index (Phi) is 3.70. The summed E-state index contributed by atoms with van der Waals surface area (Å²) in [6.07, 6.45) is 7.99. The van der Waals surface area contributed by atoms with Gasteiger partial charge in [0.05, 0.1) is 0 Å². The monoisotopic (exact) mass is 270 g/mol. The third kappa shape index (κ3) is 2.82. The van der Waals surface area contributed by atoms with Gasteiger partial charge in [0.25, 0.3) is 0 Å². The van der Waals surface area contributed by atoms with E-state index in [0.717, 1.165) is 25.7 Å². The molecule has 0 heterocycles. The lowest BCUT2D eigenvalue weighted by molar-refractivity contribution is 0.236. The summed E-state index contributed by atoms with van der Waals surface area (Å²) in [5.41, 5.74) is 15.5. The Labute approximate surface area is 122 Å². The summed E-state index contributed by atoms with van der Waals surface area (Å²) in [5, 5.41) is 0. The van der Waals surface area contributed by atoms with Crippen LogP contribution in [0.1, 0.15) is 44.6 Å². The summed E-state index contributed by atoms with van der Waals surface area (Å²) < 4.78 is 0. The lowest BCUT2D eigenvalue weighted by atomic mass is 9.76. The highest BCUT2D eigenvalue weighted by Crippen LogP contribution is 2.53. The van der Waals surface area contributed by atoms with Crippen molar-refractivity contribution in [1.29, 1.82) is 0 Å². The van der Waals surface area contributed by atoms with Gasteiger partial charge in [0.1, 0.15) is 0 Å². The molecule has 1 aromatic carbocycles. The third-order valence-corrected chi connectivity index (χ3v) is 5.27. The maximum atomic E-state index is 6.67. The van der Waals surface area contributed by atoms with Gasteiger partial charge in [-0.25, -0.2) is 0 Å². The van der Waals surface area contributed by atoms with E-state index in [0.29, 0.717) is 17.9 Å². The lowest BCUT2D eigenvalue weighted by Crippen LogP contribution is -2.48. The highest BCUT2D eigenvalue weighted by molar-refractivity contribution is 5.53. The summed E-state index contributed by atoms with van der Waals surface area (Å²) in [6, 6.07) is 11.0. The number of hydrogen-bond acceptors (Lipinski definition) is 2. The molecule has 108 valence electrons. The van der Waals surface area contributed by atoms with E-state index in [4.69, 9.17) is 11.5 Å². The first-order valence-corrected chi connectivity index (χ1v) is 7.86. The van der Waals surface area contributed by atoms with Crippen LogP contribution in [0.3, 0.4) is 0 Å². The van der Waals surface area contributed by atoms with Gasteiger partial charge >= 0.3 is 0 Å². The summed E-state index contributed by atoms with van der Waals surface area (Å²) in [4.78, 5) is 0. The molecule has 2 heteroatoms. The molecule has 2 unspecified atom stereocenters. The van der Waals surface area contributed by atoms with Crippen molar-refractivity contribution in [3.05, 3.63) is 41.5 Å². The maximum absolute atomic E-state index is 6.67. The minimum atomic E-state index is 0.0479. The average molecular weight is 270 g/mol. The Morgan fingerprint density at radius 1 is 1.20 bits per heavy atom. The van der Waals surface area contributed by atoms with Gasteiger partial charge in [-0.2, -0.15) is 0 Å². The Morgan fingerprint density at radius 2 is 1.85 bits per heavy atom. The van der Waals surface area contributed by atoms with Crippen LogP contribution in [0.2, 0.25) is 0 Å². The molecule has 2 nitrogen and oxygen atoms in total. The van der Waals surface area contributed by atoms with Crippen LogP contribution in [0.5, 0.6) is 0 Å². The molecule has 4 N–H and O–H groups in total. The average Bonchev–Trinajstić information content (AvgIpc) is 3.25. The van der Waals surface area contributed by atoms with Crippen LogP contribution < -0.4 is 11.5 Å². The summed E-state index contributed by atoms with van der Waals surface area (Å²) in [5.74, 6) is 1.37. The van der Waals surface area contributed by atoms with Gasteiger partial charge in [-0.1, -0.05) is 42.0 Å². The van der Waals surface area contributed by atoms with Crippen molar-refractivity contribution in [3.63, 3.8) is 0 Å². The molecule has 2 saturated carbocycles. The van der Waals surface area contributed by atoms with Crippen LogP contribution in [-0.4, -0.2) is 11.6 Å². The Morgan fingerprint density at radius 3 is 2.50 bits per heavy atom. The minimum absolute atomic E-state index is 0.0479. The maximum Gasteiger partial charge on any atom is 0.0190 e. The van der Waals surface area contributed by atoms with E-state index in [1.807, 2.05) is 0 Å². The first-order chi connectivity index (χ1) is 9.58. The van der Waals surface area contributed by atoms with E-state index >= 15 is 0 Å². The Balaban J connectivity index is 1.65. The highest BCUT2D eigenvalue weighted by atomic mass is 14.8. The second-order valence-corrected chi connectivity index (χ2v) is 6.82. The molecule has 2 atom stereocenters. The van der Waals surface area contributed by atoms with Crippen LogP contribution >= 0.6 is 0 Å². The van der Waals surface area contributed by atoms with Crippen LogP contribution in [0, 0.1) is 11.8 Å². The number of benzene rings is 1. The number of nitrogens with two attached hydrogens (primary N) is 2. The second kappa shape index (κ2) is 5.34. The number of hydrogen-bond donors (Lipinski definition) is 2. The van der Waals surface area contributed by atoms with Gasteiger partial charge in [-0.3, -0.25) is 0 Å². The molecule has 2 fully saturated rings. The molecule has 20 heavy (non-hydrogen) atoms. The Hall–Kier alpha value is -1.12. The zero-order valence-corrected chi connectivity index (χ0v) is 12.4. The molecular weight excluding hydrogens is 244 g/mol. The fraction of sp³-hybridized carbons (Fsp3) is 0.556. The van der Waals surface area contributed by atoms with E-state index in [1.165, 1.54) is 17.6 Å². The molecule has 1 aromatic rings. The smallest absolute Gasteiger partial charge is 0.0190 e. The minimum Gasteiger partial charge on any atom is -0.328 e. The molecule has 0 aliphatic heterocycles. The molecule has 0 bridgehead atoms.